The molecule has 3 atom stereocenters. The van der Waals surface area contributed by atoms with E-state index in [1.807, 2.05) is 0 Å². The smallest absolute Gasteiger partial charge is 0.341 e. The van der Waals surface area contributed by atoms with E-state index in [1.54, 1.807) is 16.8 Å². The second kappa shape index (κ2) is 3.18. The van der Waals surface area contributed by atoms with Crippen LogP contribution in [-0.4, -0.2) is 28.9 Å². The number of fused-ring (bicyclic) bond motifs is 1. The largest absolute Gasteiger partial charge is 0.477 e. The molecular weight excluding hydrogens is 210 g/mol. The monoisotopic (exact) mass is 221 g/mol. The molecule has 16 heavy (non-hydrogen) atoms. The molecule has 1 N–H and O–H groups in total. The van der Waals surface area contributed by atoms with E-state index in [4.69, 9.17) is 9.84 Å². The second-order valence-corrected chi connectivity index (χ2v) is 4.30. The zero-order valence-electron chi connectivity index (χ0n) is 8.50. The Morgan fingerprint density at radius 1 is 1.44 bits per heavy atom. The predicted octanol–water partition coefficient (Wildman–Crippen LogP) is 0.364. The van der Waals surface area contributed by atoms with Crippen LogP contribution in [0.3, 0.4) is 0 Å². The Morgan fingerprint density at radius 3 is 2.75 bits per heavy atom. The maximum Gasteiger partial charge on any atom is 0.341 e. The summed E-state index contributed by atoms with van der Waals surface area (Å²) in [6, 6.07) is 3.09. The summed E-state index contributed by atoms with van der Waals surface area (Å²) in [7, 11) is 0. The quantitative estimate of drug-likeness (QED) is 0.783. The zero-order chi connectivity index (χ0) is 11.3. The van der Waals surface area contributed by atoms with E-state index >= 15 is 0 Å². The summed E-state index contributed by atoms with van der Waals surface area (Å²) in [5.74, 6) is -0.384. The third kappa shape index (κ3) is 1.21. The molecule has 2 heterocycles. The molecule has 1 aliphatic carbocycles. The first-order chi connectivity index (χ1) is 7.70. The third-order valence-corrected chi connectivity index (χ3v) is 3.43. The lowest BCUT2D eigenvalue weighted by Gasteiger charge is -2.08. The average molecular weight is 221 g/mol. The Morgan fingerprint density at radius 2 is 2.12 bits per heavy atom. The normalized spacial score (nSPS) is 31.1. The Bertz CT molecular complexity index is 497. The summed E-state index contributed by atoms with van der Waals surface area (Å²) < 4.78 is 6.79. The summed E-state index contributed by atoms with van der Waals surface area (Å²) >= 11 is 0. The number of hydrogen-bond donors (Lipinski definition) is 1. The number of nitrogens with zero attached hydrogens (tertiary/aromatic N) is 1. The number of ether oxygens (including phenoxy) is 1. The van der Waals surface area contributed by atoms with Crippen molar-refractivity contribution in [1.29, 1.82) is 0 Å². The van der Waals surface area contributed by atoms with Gasteiger partial charge < -0.3 is 14.4 Å². The maximum absolute atomic E-state index is 11.9. The Hall–Kier alpha value is -1.62. The van der Waals surface area contributed by atoms with Crippen LogP contribution in [-0.2, 0) is 4.74 Å². The van der Waals surface area contributed by atoms with Gasteiger partial charge >= 0.3 is 5.97 Å². The fourth-order valence-electron chi connectivity index (χ4n) is 2.53. The van der Waals surface area contributed by atoms with Gasteiger partial charge in [-0.25, -0.2) is 4.79 Å². The minimum atomic E-state index is -1.17. The van der Waals surface area contributed by atoms with Crippen LogP contribution < -0.4 is 5.56 Å². The van der Waals surface area contributed by atoms with Gasteiger partial charge in [0.25, 0.3) is 5.56 Å². The molecule has 1 aliphatic heterocycles. The molecule has 1 aromatic rings. The van der Waals surface area contributed by atoms with Gasteiger partial charge in [0.05, 0.1) is 13.2 Å². The molecule has 1 saturated carbocycles. The minimum absolute atomic E-state index is 0.139. The van der Waals surface area contributed by atoms with Crippen LogP contribution in [0.5, 0.6) is 0 Å². The first kappa shape index (κ1) is 9.59. The summed E-state index contributed by atoms with van der Waals surface area (Å²) in [6.45, 7) is 1.36. The van der Waals surface area contributed by atoms with Crippen molar-refractivity contribution in [2.24, 2.45) is 11.8 Å². The van der Waals surface area contributed by atoms with Crippen LogP contribution in [0.25, 0.3) is 0 Å². The number of aromatic carboxylic acids is 1. The van der Waals surface area contributed by atoms with Gasteiger partial charge in [-0.2, -0.15) is 0 Å². The number of hydrogen-bond acceptors (Lipinski definition) is 3. The summed E-state index contributed by atoms with van der Waals surface area (Å²) in [5.41, 5.74) is -0.567. The molecule has 84 valence electrons. The number of aromatic nitrogens is 1. The first-order valence-electron chi connectivity index (χ1n) is 5.22. The molecule has 5 heteroatoms. The maximum atomic E-state index is 11.9. The van der Waals surface area contributed by atoms with Gasteiger partial charge in [-0.3, -0.25) is 4.79 Å². The van der Waals surface area contributed by atoms with E-state index in [-0.39, 0.29) is 11.6 Å². The number of carboxylic acid groups (broad SMARTS) is 1. The molecule has 0 radical (unpaired) electrons. The summed E-state index contributed by atoms with van der Waals surface area (Å²) in [6.07, 6.45) is 1.66. The predicted molar refractivity (Wildman–Crippen MR) is 54.5 cm³/mol. The van der Waals surface area contributed by atoms with E-state index in [2.05, 4.69) is 0 Å². The lowest BCUT2D eigenvalue weighted by atomic mass is 10.2. The lowest BCUT2D eigenvalue weighted by molar-refractivity contribution is 0.0694. The first-order valence-corrected chi connectivity index (χ1v) is 5.22. The molecule has 0 amide bonds. The van der Waals surface area contributed by atoms with Crippen molar-refractivity contribution in [2.45, 2.75) is 6.04 Å². The van der Waals surface area contributed by atoms with E-state index in [1.165, 1.54) is 6.07 Å². The van der Waals surface area contributed by atoms with Crippen LogP contribution >= 0.6 is 0 Å². The molecule has 2 aliphatic rings. The number of carbonyl (C=O) groups is 1. The van der Waals surface area contributed by atoms with Gasteiger partial charge in [-0.15, -0.1) is 0 Å². The molecule has 0 spiro atoms. The molecule has 1 saturated heterocycles. The minimum Gasteiger partial charge on any atom is -0.477 e. The standard InChI is InChI=1S/C11H11NO4/c13-10-6(11(14)15)2-1-3-12(10)9-7-4-16-5-8(7)9/h1-3,7-9H,4-5H2,(H,14,15)/t7-,8+,9+. The second-order valence-electron chi connectivity index (χ2n) is 4.30. The third-order valence-electron chi connectivity index (χ3n) is 3.43. The van der Waals surface area contributed by atoms with Gasteiger partial charge in [0.1, 0.15) is 5.56 Å². The fraction of sp³-hybridized carbons (Fsp3) is 0.455. The number of pyridine rings is 1. The van der Waals surface area contributed by atoms with E-state index < -0.39 is 11.5 Å². The highest BCUT2D eigenvalue weighted by molar-refractivity contribution is 5.87. The van der Waals surface area contributed by atoms with Gasteiger partial charge in [-0.05, 0) is 12.1 Å². The summed E-state index contributed by atoms with van der Waals surface area (Å²) in [5, 5.41) is 8.86. The van der Waals surface area contributed by atoms with Crippen LogP contribution in [0.2, 0.25) is 0 Å². The average Bonchev–Trinajstić information content (AvgIpc) is 2.71. The van der Waals surface area contributed by atoms with Crippen LogP contribution in [0, 0.1) is 11.8 Å². The highest BCUT2D eigenvalue weighted by Crippen LogP contribution is 2.53. The van der Waals surface area contributed by atoms with Crippen molar-refractivity contribution in [3.63, 3.8) is 0 Å². The van der Waals surface area contributed by atoms with Gasteiger partial charge in [0, 0.05) is 24.1 Å². The number of rotatable bonds is 2. The fourth-order valence-corrected chi connectivity index (χ4v) is 2.53. The molecule has 3 rings (SSSR count). The lowest BCUT2D eigenvalue weighted by Crippen LogP contribution is -2.26. The van der Waals surface area contributed by atoms with Gasteiger partial charge in [-0.1, -0.05) is 0 Å². The van der Waals surface area contributed by atoms with Gasteiger partial charge in [0.15, 0.2) is 0 Å². The Kier molecular flexibility index (Phi) is 1.91. The van der Waals surface area contributed by atoms with Crippen LogP contribution in [0.15, 0.2) is 23.1 Å². The molecule has 0 bridgehead atoms. The molecule has 0 unspecified atom stereocenters. The van der Waals surface area contributed by atoms with E-state index in [9.17, 15) is 9.59 Å². The van der Waals surface area contributed by atoms with Crippen molar-refractivity contribution in [1.82, 2.24) is 4.57 Å². The van der Waals surface area contributed by atoms with E-state index in [0.717, 1.165) is 0 Å². The highest BCUT2D eigenvalue weighted by Gasteiger charge is 2.55. The van der Waals surface area contributed by atoms with Gasteiger partial charge in [0.2, 0.25) is 0 Å². The van der Waals surface area contributed by atoms with Crippen molar-refractivity contribution in [3.05, 3.63) is 34.2 Å². The van der Waals surface area contributed by atoms with E-state index in [0.29, 0.717) is 25.0 Å². The molecule has 0 aromatic carbocycles. The SMILES string of the molecule is O=C(O)c1cccn([C@H]2[C@@H]3COC[C@@H]32)c1=O. The Labute approximate surface area is 91.3 Å². The highest BCUT2D eigenvalue weighted by atomic mass is 16.5. The van der Waals surface area contributed by atoms with Crippen LogP contribution in [0.1, 0.15) is 16.4 Å². The zero-order valence-corrected chi connectivity index (χ0v) is 8.50. The molecular formula is C11H11NO4. The summed E-state index contributed by atoms with van der Waals surface area (Å²) in [4.78, 5) is 22.7. The number of carboxylic acids is 1. The van der Waals surface area contributed by atoms with Crippen molar-refractivity contribution >= 4 is 5.97 Å². The molecule has 1 aromatic heterocycles. The molecule has 2 fully saturated rings. The van der Waals surface area contributed by atoms with Crippen molar-refractivity contribution in [3.8, 4) is 0 Å². The van der Waals surface area contributed by atoms with Crippen LogP contribution in [0.4, 0.5) is 0 Å². The Balaban J connectivity index is 2.00. The topological polar surface area (TPSA) is 68.5 Å². The molecule has 5 nitrogen and oxygen atoms in total. The van der Waals surface area contributed by atoms with Crippen molar-refractivity contribution < 1.29 is 14.6 Å². The van der Waals surface area contributed by atoms with Crippen molar-refractivity contribution in [2.75, 3.05) is 13.2 Å².